The molecular weight excluding hydrogens is 359 g/mol. The van der Waals surface area contributed by atoms with Crippen molar-refractivity contribution in [3.8, 4) is 11.4 Å². The van der Waals surface area contributed by atoms with E-state index < -0.39 is 11.9 Å². The third kappa shape index (κ3) is 2.70. The van der Waals surface area contributed by atoms with Gasteiger partial charge in [0.05, 0.1) is 28.8 Å². The van der Waals surface area contributed by atoms with E-state index in [1.54, 1.807) is 24.3 Å². The first kappa shape index (κ1) is 17.6. The van der Waals surface area contributed by atoms with Gasteiger partial charge in [-0.15, -0.1) is 0 Å². The maximum Gasteiger partial charge on any atom is 0.435 e. The highest BCUT2D eigenvalue weighted by atomic mass is 19.4. The fourth-order valence-corrected chi connectivity index (χ4v) is 3.80. The summed E-state index contributed by atoms with van der Waals surface area (Å²) in [5, 5.41) is 10.4. The van der Waals surface area contributed by atoms with Gasteiger partial charge in [0, 0.05) is 32.4 Å². The smallest absolute Gasteiger partial charge is 0.302 e. The lowest BCUT2D eigenvalue weighted by Gasteiger charge is -2.35. The number of imidazole rings is 1. The molecule has 0 saturated carbocycles. The molecule has 3 aromatic heterocycles. The zero-order valence-corrected chi connectivity index (χ0v) is 15.5. The van der Waals surface area contributed by atoms with Crippen LogP contribution in [0.25, 0.3) is 11.4 Å². The van der Waals surface area contributed by atoms with E-state index in [2.05, 4.69) is 20.2 Å². The number of alkyl halides is 3. The summed E-state index contributed by atoms with van der Waals surface area (Å²) >= 11 is 0. The van der Waals surface area contributed by atoms with Gasteiger partial charge in [-0.2, -0.15) is 23.4 Å². The first-order chi connectivity index (χ1) is 12.7. The molecule has 0 radical (unpaired) electrons. The van der Waals surface area contributed by atoms with E-state index in [0.29, 0.717) is 24.4 Å². The van der Waals surface area contributed by atoms with Crippen molar-refractivity contribution in [2.75, 3.05) is 11.6 Å². The summed E-state index contributed by atoms with van der Waals surface area (Å²) in [5.41, 5.74) is 3.05. The second-order valence-electron chi connectivity index (χ2n) is 6.84. The Morgan fingerprint density at radius 1 is 1.15 bits per heavy atom. The molecule has 1 atom stereocenters. The van der Waals surface area contributed by atoms with Crippen LogP contribution in [0.15, 0.2) is 18.6 Å². The molecule has 7 nitrogen and oxygen atoms in total. The number of rotatable bonds is 2. The van der Waals surface area contributed by atoms with E-state index in [9.17, 15) is 13.2 Å². The van der Waals surface area contributed by atoms with E-state index in [1.807, 2.05) is 18.5 Å². The first-order valence-electron chi connectivity index (χ1n) is 8.61. The van der Waals surface area contributed by atoms with Gasteiger partial charge in [0.15, 0.2) is 5.69 Å². The lowest BCUT2D eigenvalue weighted by Crippen LogP contribution is -2.42. The van der Waals surface area contributed by atoms with Crippen LogP contribution in [0.4, 0.5) is 13.2 Å². The van der Waals surface area contributed by atoms with Crippen molar-refractivity contribution in [1.82, 2.24) is 29.2 Å². The maximum absolute atomic E-state index is 13.1. The van der Waals surface area contributed by atoms with Crippen LogP contribution in [0.3, 0.4) is 0 Å². The van der Waals surface area contributed by atoms with E-state index in [4.69, 9.17) is 0 Å². The summed E-state index contributed by atoms with van der Waals surface area (Å²) in [6.07, 6.45) is -0.248. The predicted octanol–water partition coefficient (Wildman–Crippen LogP) is 2.60. The molecule has 0 fully saturated rings. The second-order valence-corrected chi connectivity index (χ2v) is 6.84. The van der Waals surface area contributed by atoms with Crippen LogP contribution in [0, 0.1) is 6.92 Å². The molecule has 144 valence electrons. The van der Waals surface area contributed by atoms with E-state index >= 15 is 0 Å². The van der Waals surface area contributed by atoms with Crippen molar-refractivity contribution in [3.63, 3.8) is 0 Å². The van der Waals surface area contributed by atoms with Crippen molar-refractivity contribution < 1.29 is 13.2 Å². The molecule has 1 aliphatic heterocycles. The third-order valence-corrected chi connectivity index (χ3v) is 5.10. The highest BCUT2D eigenvalue weighted by molar-refractivity contribution is 5.63. The number of fused-ring (bicyclic) bond motifs is 1. The molecule has 0 unspecified atom stereocenters. The lowest BCUT2D eigenvalue weighted by molar-refractivity contribution is -0.141. The van der Waals surface area contributed by atoms with Crippen molar-refractivity contribution >= 4 is 0 Å². The number of aromatic nitrogens is 6. The summed E-state index contributed by atoms with van der Waals surface area (Å²) in [4.78, 5) is 4.17. The van der Waals surface area contributed by atoms with Gasteiger partial charge < -0.3 is 5.01 Å². The van der Waals surface area contributed by atoms with Crippen molar-refractivity contribution in [2.45, 2.75) is 32.5 Å². The normalized spacial score (nSPS) is 17.4. The minimum Gasteiger partial charge on any atom is -0.302 e. The Hall–Kier alpha value is -2.78. The van der Waals surface area contributed by atoms with Crippen molar-refractivity contribution in [1.29, 1.82) is 0 Å². The van der Waals surface area contributed by atoms with Crippen LogP contribution < -0.4 is 5.01 Å². The molecule has 0 N–H and O–H groups in total. The van der Waals surface area contributed by atoms with Crippen molar-refractivity contribution in [2.24, 2.45) is 14.1 Å². The van der Waals surface area contributed by atoms with Crippen LogP contribution >= 0.6 is 0 Å². The lowest BCUT2D eigenvalue weighted by atomic mass is 9.98. The number of hydrogen-bond donors (Lipinski definition) is 0. The molecule has 10 heteroatoms. The van der Waals surface area contributed by atoms with Gasteiger partial charge in [-0.05, 0) is 26.3 Å². The topological polar surface area (TPSA) is 56.7 Å². The highest BCUT2D eigenvalue weighted by Gasteiger charge is 2.37. The van der Waals surface area contributed by atoms with Gasteiger partial charge in [-0.1, -0.05) is 0 Å². The second kappa shape index (κ2) is 5.86. The molecule has 4 heterocycles. The molecule has 27 heavy (non-hydrogen) atoms. The number of aryl methyl sites for hydroxylation is 3. The molecule has 0 aromatic carbocycles. The molecule has 0 aliphatic carbocycles. The largest absolute Gasteiger partial charge is 0.435 e. The molecule has 1 aliphatic rings. The fourth-order valence-electron chi connectivity index (χ4n) is 3.80. The Kier molecular flexibility index (Phi) is 3.83. The molecule has 4 rings (SSSR count). The monoisotopic (exact) mass is 379 g/mol. The van der Waals surface area contributed by atoms with Gasteiger partial charge in [0.1, 0.15) is 6.33 Å². The van der Waals surface area contributed by atoms with Gasteiger partial charge in [-0.25, -0.2) is 9.66 Å². The van der Waals surface area contributed by atoms with E-state index in [0.717, 1.165) is 23.0 Å². The highest BCUT2D eigenvalue weighted by Crippen LogP contribution is 2.37. The standard InChI is InChI=1S/C17H20F3N7/c1-10-8-21-9-27(10)26-6-5-12-15(11(26)2)23-25(4)16(12)13-7-14(17(18,19)20)22-24(13)3/h7-9,11H,5-6H2,1-4H3/t11-/m0/s1. The fraction of sp³-hybridized carbons (Fsp3) is 0.471. The summed E-state index contributed by atoms with van der Waals surface area (Å²) in [5.74, 6) is 0. The maximum atomic E-state index is 13.1. The molecule has 0 amide bonds. The Morgan fingerprint density at radius 2 is 1.89 bits per heavy atom. The summed E-state index contributed by atoms with van der Waals surface area (Å²) in [6, 6.07) is 1.06. The van der Waals surface area contributed by atoms with Crippen LogP contribution in [-0.2, 0) is 26.7 Å². The molecule has 0 bridgehead atoms. The average molecular weight is 379 g/mol. The molecule has 0 spiro atoms. The summed E-state index contributed by atoms with van der Waals surface area (Å²) in [7, 11) is 3.28. The quantitative estimate of drug-likeness (QED) is 0.687. The van der Waals surface area contributed by atoms with E-state index in [-0.39, 0.29) is 6.04 Å². The molecular formula is C17H20F3N7. The van der Waals surface area contributed by atoms with Gasteiger partial charge >= 0.3 is 6.18 Å². The van der Waals surface area contributed by atoms with Crippen molar-refractivity contribution in [3.05, 3.63) is 41.2 Å². The van der Waals surface area contributed by atoms with Crippen LogP contribution in [0.2, 0.25) is 0 Å². The Morgan fingerprint density at radius 3 is 2.48 bits per heavy atom. The summed E-state index contributed by atoms with van der Waals surface area (Å²) in [6.45, 7) is 4.74. The third-order valence-electron chi connectivity index (χ3n) is 5.10. The zero-order valence-electron chi connectivity index (χ0n) is 15.5. The zero-order chi connectivity index (χ0) is 19.5. The van der Waals surface area contributed by atoms with Gasteiger partial charge in [0.2, 0.25) is 0 Å². The first-order valence-corrected chi connectivity index (χ1v) is 8.61. The Bertz CT molecular complexity index is 995. The molecule has 3 aromatic rings. The number of hydrogen-bond acceptors (Lipinski definition) is 4. The van der Waals surface area contributed by atoms with Crippen LogP contribution in [-0.4, -0.2) is 35.8 Å². The summed E-state index contributed by atoms with van der Waals surface area (Å²) < 4.78 is 44.1. The van der Waals surface area contributed by atoms with Gasteiger partial charge in [-0.3, -0.25) is 9.36 Å². The predicted molar refractivity (Wildman–Crippen MR) is 92.6 cm³/mol. The Labute approximate surface area is 154 Å². The van der Waals surface area contributed by atoms with E-state index in [1.165, 1.54) is 11.7 Å². The van der Waals surface area contributed by atoms with Crippen LogP contribution in [0.5, 0.6) is 0 Å². The SMILES string of the molecule is Cc1cncn1N1CCc2c(nn(C)c2-c2cc(C(F)(F)F)nn2C)[C@@H]1C. The van der Waals surface area contributed by atoms with Crippen LogP contribution in [0.1, 0.15) is 35.6 Å². The average Bonchev–Trinajstić information content (AvgIpc) is 3.25. The van der Waals surface area contributed by atoms with Gasteiger partial charge in [0.25, 0.3) is 0 Å². The number of halogens is 3. The minimum absolute atomic E-state index is 0.0306. The molecule has 0 saturated heterocycles. The minimum atomic E-state index is -4.47. The Balaban J connectivity index is 1.78. The number of nitrogens with zero attached hydrogens (tertiary/aromatic N) is 7.